The molecule has 0 fully saturated rings. The quantitative estimate of drug-likeness (QED) is 0.726. The van der Waals surface area contributed by atoms with Gasteiger partial charge in [-0.3, -0.25) is 4.68 Å². The Bertz CT molecular complexity index is 586. The molecular weight excluding hydrogens is 264 g/mol. The molecule has 5 nitrogen and oxygen atoms in total. The van der Waals surface area contributed by atoms with Gasteiger partial charge in [0.2, 0.25) is 0 Å². The Hall–Kier alpha value is -2.16. The van der Waals surface area contributed by atoms with Gasteiger partial charge in [-0.25, -0.2) is 0 Å². The SMILES string of the molecule is N#CCCn1cc(CNCCCO)c(-c2ccccc2)n1. The summed E-state index contributed by atoms with van der Waals surface area (Å²) in [5.41, 5.74) is 3.13. The number of nitriles is 1. The highest BCUT2D eigenvalue weighted by molar-refractivity contribution is 5.62. The van der Waals surface area contributed by atoms with Crippen molar-refractivity contribution in [1.82, 2.24) is 15.1 Å². The second kappa shape index (κ2) is 8.20. The summed E-state index contributed by atoms with van der Waals surface area (Å²) in [4.78, 5) is 0. The van der Waals surface area contributed by atoms with Crippen LogP contribution in [0.5, 0.6) is 0 Å². The summed E-state index contributed by atoms with van der Waals surface area (Å²) in [6, 6.07) is 12.2. The van der Waals surface area contributed by atoms with E-state index in [1.54, 1.807) is 0 Å². The van der Waals surface area contributed by atoms with Crippen molar-refractivity contribution in [3.63, 3.8) is 0 Å². The first-order chi connectivity index (χ1) is 10.3. The Labute approximate surface area is 124 Å². The fourth-order valence-corrected chi connectivity index (χ4v) is 2.14. The van der Waals surface area contributed by atoms with Crippen LogP contribution in [0.25, 0.3) is 11.3 Å². The zero-order valence-electron chi connectivity index (χ0n) is 12.0. The van der Waals surface area contributed by atoms with Crippen molar-refractivity contribution in [3.05, 3.63) is 42.1 Å². The van der Waals surface area contributed by atoms with Crippen molar-refractivity contribution in [1.29, 1.82) is 5.26 Å². The van der Waals surface area contributed by atoms with Crippen LogP contribution in [-0.2, 0) is 13.1 Å². The minimum absolute atomic E-state index is 0.194. The summed E-state index contributed by atoms with van der Waals surface area (Å²) >= 11 is 0. The zero-order chi connectivity index (χ0) is 14.9. The van der Waals surface area contributed by atoms with Crippen LogP contribution in [0.15, 0.2) is 36.5 Å². The van der Waals surface area contributed by atoms with Gasteiger partial charge in [-0.1, -0.05) is 30.3 Å². The molecule has 0 saturated heterocycles. The van der Waals surface area contributed by atoms with Crippen molar-refractivity contribution in [2.45, 2.75) is 25.9 Å². The number of hydrogen-bond donors (Lipinski definition) is 2. The van der Waals surface area contributed by atoms with Gasteiger partial charge in [0.1, 0.15) is 0 Å². The third-order valence-corrected chi connectivity index (χ3v) is 3.16. The van der Waals surface area contributed by atoms with Crippen molar-refractivity contribution in [3.8, 4) is 17.3 Å². The van der Waals surface area contributed by atoms with Crippen molar-refractivity contribution in [2.75, 3.05) is 13.2 Å². The number of aryl methyl sites for hydroxylation is 1. The van der Waals surface area contributed by atoms with Crippen LogP contribution in [0.1, 0.15) is 18.4 Å². The molecule has 2 rings (SSSR count). The molecule has 0 unspecified atom stereocenters. The lowest BCUT2D eigenvalue weighted by Crippen LogP contribution is -2.15. The van der Waals surface area contributed by atoms with E-state index >= 15 is 0 Å². The molecule has 0 bridgehead atoms. The number of aliphatic hydroxyl groups is 1. The Morgan fingerprint density at radius 3 is 2.81 bits per heavy atom. The maximum atomic E-state index is 8.81. The van der Waals surface area contributed by atoms with Crippen molar-refractivity contribution >= 4 is 0 Å². The van der Waals surface area contributed by atoms with Gasteiger partial charge in [0.25, 0.3) is 0 Å². The molecule has 0 spiro atoms. The van der Waals surface area contributed by atoms with E-state index < -0.39 is 0 Å². The molecule has 0 aliphatic carbocycles. The number of nitrogens with one attached hydrogen (secondary N) is 1. The van der Waals surface area contributed by atoms with Gasteiger partial charge in [-0.05, 0) is 13.0 Å². The van der Waals surface area contributed by atoms with Gasteiger partial charge >= 0.3 is 0 Å². The highest BCUT2D eigenvalue weighted by Gasteiger charge is 2.10. The number of rotatable bonds is 8. The van der Waals surface area contributed by atoms with Crippen LogP contribution in [0.2, 0.25) is 0 Å². The van der Waals surface area contributed by atoms with E-state index in [0.29, 0.717) is 19.5 Å². The average molecular weight is 284 g/mol. The normalized spacial score (nSPS) is 10.5. The smallest absolute Gasteiger partial charge is 0.0968 e. The molecule has 1 heterocycles. The maximum Gasteiger partial charge on any atom is 0.0968 e. The molecule has 2 N–H and O–H groups in total. The zero-order valence-corrected chi connectivity index (χ0v) is 12.0. The van der Waals surface area contributed by atoms with E-state index in [1.807, 2.05) is 41.2 Å². The van der Waals surface area contributed by atoms with Gasteiger partial charge in [0, 0.05) is 30.5 Å². The maximum absolute atomic E-state index is 8.81. The Kier molecular flexibility index (Phi) is 5.95. The minimum atomic E-state index is 0.194. The average Bonchev–Trinajstić information content (AvgIpc) is 2.93. The summed E-state index contributed by atoms with van der Waals surface area (Å²) in [6.07, 6.45) is 3.18. The van der Waals surface area contributed by atoms with Gasteiger partial charge in [0.15, 0.2) is 0 Å². The van der Waals surface area contributed by atoms with E-state index in [0.717, 1.165) is 29.8 Å². The monoisotopic (exact) mass is 284 g/mol. The molecular formula is C16H20N4O. The first kappa shape index (κ1) is 15.2. The van der Waals surface area contributed by atoms with Crippen LogP contribution in [0, 0.1) is 11.3 Å². The molecule has 1 aromatic heterocycles. The molecule has 0 aliphatic heterocycles. The molecule has 0 saturated carbocycles. The lowest BCUT2D eigenvalue weighted by molar-refractivity contribution is 0.286. The van der Waals surface area contributed by atoms with E-state index in [1.165, 1.54) is 0 Å². The van der Waals surface area contributed by atoms with Crippen LogP contribution >= 0.6 is 0 Å². The molecule has 0 radical (unpaired) electrons. The Morgan fingerprint density at radius 2 is 2.10 bits per heavy atom. The third kappa shape index (κ3) is 4.42. The first-order valence-electron chi connectivity index (χ1n) is 7.15. The second-order valence-corrected chi connectivity index (χ2v) is 4.79. The Balaban J connectivity index is 2.15. The molecule has 0 aliphatic rings. The van der Waals surface area contributed by atoms with Crippen LogP contribution < -0.4 is 5.32 Å². The van der Waals surface area contributed by atoms with Gasteiger partial charge in [-0.15, -0.1) is 0 Å². The van der Waals surface area contributed by atoms with Crippen LogP contribution in [-0.4, -0.2) is 28.0 Å². The van der Waals surface area contributed by atoms with Crippen molar-refractivity contribution in [2.24, 2.45) is 0 Å². The number of aromatic nitrogens is 2. The fourth-order valence-electron chi connectivity index (χ4n) is 2.14. The van der Waals surface area contributed by atoms with E-state index in [2.05, 4.69) is 16.5 Å². The lowest BCUT2D eigenvalue weighted by atomic mass is 10.1. The first-order valence-corrected chi connectivity index (χ1v) is 7.15. The second-order valence-electron chi connectivity index (χ2n) is 4.79. The number of benzene rings is 1. The Morgan fingerprint density at radius 1 is 1.29 bits per heavy atom. The molecule has 2 aromatic rings. The molecule has 0 atom stereocenters. The summed E-state index contributed by atoms with van der Waals surface area (Å²) in [5, 5.41) is 25.4. The van der Waals surface area contributed by atoms with E-state index in [4.69, 9.17) is 10.4 Å². The lowest BCUT2D eigenvalue weighted by Gasteiger charge is -2.04. The summed E-state index contributed by atoms with van der Waals surface area (Å²) in [7, 11) is 0. The van der Waals surface area contributed by atoms with E-state index in [9.17, 15) is 0 Å². The van der Waals surface area contributed by atoms with Crippen LogP contribution in [0.3, 0.4) is 0 Å². The fraction of sp³-hybridized carbons (Fsp3) is 0.375. The summed E-state index contributed by atoms with van der Waals surface area (Å²) in [6.45, 7) is 2.28. The number of nitrogens with zero attached hydrogens (tertiary/aromatic N) is 3. The highest BCUT2D eigenvalue weighted by Crippen LogP contribution is 2.21. The standard InChI is InChI=1S/C16H20N4O/c17-8-4-10-20-13-15(12-18-9-5-11-21)16(19-20)14-6-2-1-3-7-14/h1-3,6-7,13,18,21H,4-5,9-12H2. The molecule has 0 amide bonds. The van der Waals surface area contributed by atoms with Crippen molar-refractivity contribution < 1.29 is 5.11 Å². The minimum Gasteiger partial charge on any atom is -0.396 e. The summed E-state index contributed by atoms with van der Waals surface area (Å²) < 4.78 is 1.83. The third-order valence-electron chi connectivity index (χ3n) is 3.16. The molecule has 110 valence electrons. The molecule has 1 aromatic carbocycles. The molecule has 5 heteroatoms. The van der Waals surface area contributed by atoms with Gasteiger partial charge in [-0.2, -0.15) is 10.4 Å². The topological polar surface area (TPSA) is 73.9 Å². The molecule has 21 heavy (non-hydrogen) atoms. The van der Waals surface area contributed by atoms with Crippen LogP contribution in [0.4, 0.5) is 0 Å². The van der Waals surface area contributed by atoms with E-state index in [-0.39, 0.29) is 6.61 Å². The summed E-state index contributed by atoms with van der Waals surface area (Å²) in [5.74, 6) is 0. The van der Waals surface area contributed by atoms with Gasteiger partial charge in [0.05, 0.1) is 24.7 Å². The number of aliphatic hydroxyl groups excluding tert-OH is 1. The highest BCUT2D eigenvalue weighted by atomic mass is 16.3. The number of hydrogen-bond acceptors (Lipinski definition) is 4. The predicted octanol–water partition coefficient (Wildman–Crippen LogP) is 1.94. The largest absolute Gasteiger partial charge is 0.396 e. The van der Waals surface area contributed by atoms with Gasteiger partial charge < -0.3 is 10.4 Å². The predicted molar refractivity (Wildman–Crippen MR) is 81.3 cm³/mol.